The second kappa shape index (κ2) is 6.53. The molecule has 6 heteroatoms. The predicted octanol–water partition coefficient (Wildman–Crippen LogP) is 4.62. The lowest BCUT2D eigenvalue weighted by Crippen LogP contribution is -2.08. The lowest BCUT2D eigenvalue weighted by Gasteiger charge is -2.15. The number of anilines is 1. The zero-order valence-corrected chi connectivity index (χ0v) is 14.4. The van der Waals surface area contributed by atoms with Crippen molar-refractivity contribution in [2.75, 3.05) is 5.32 Å². The highest BCUT2D eigenvalue weighted by Crippen LogP contribution is 2.23. The summed E-state index contributed by atoms with van der Waals surface area (Å²) in [6, 6.07) is 14.0. The van der Waals surface area contributed by atoms with Crippen LogP contribution in [0.2, 0.25) is 5.02 Å². The van der Waals surface area contributed by atoms with Crippen molar-refractivity contribution in [2.45, 2.75) is 13.0 Å². The van der Waals surface area contributed by atoms with Gasteiger partial charge >= 0.3 is 0 Å². The third kappa shape index (κ3) is 3.19. The maximum atomic E-state index is 6.11. The zero-order valence-electron chi connectivity index (χ0n) is 13.6. The lowest BCUT2D eigenvalue weighted by molar-refractivity contribution is 0.871. The Hall–Kier alpha value is -2.92. The third-order valence-corrected chi connectivity index (χ3v) is 4.25. The van der Waals surface area contributed by atoms with Gasteiger partial charge in [0.05, 0.1) is 29.3 Å². The summed E-state index contributed by atoms with van der Waals surface area (Å²) in [7, 11) is 0. The van der Waals surface area contributed by atoms with Crippen molar-refractivity contribution in [2.24, 2.45) is 0 Å². The third-order valence-electron chi connectivity index (χ3n) is 4.03. The first-order valence-corrected chi connectivity index (χ1v) is 8.35. The summed E-state index contributed by atoms with van der Waals surface area (Å²) < 4.78 is 1.91. The Labute approximate surface area is 150 Å². The van der Waals surface area contributed by atoms with E-state index in [0.29, 0.717) is 10.8 Å². The molecule has 4 rings (SSSR count). The van der Waals surface area contributed by atoms with Crippen LogP contribution in [0.25, 0.3) is 17.0 Å². The number of rotatable bonds is 4. The Morgan fingerprint density at radius 3 is 2.72 bits per heavy atom. The van der Waals surface area contributed by atoms with E-state index in [9.17, 15) is 0 Å². The quantitative estimate of drug-likeness (QED) is 0.584. The Balaban J connectivity index is 1.66. The van der Waals surface area contributed by atoms with E-state index in [2.05, 4.69) is 39.3 Å². The summed E-state index contributed by atoms with van der Waals surface area (Å²) >= 11 is 6.11. The summed E-state index contributed by atoms with van der Waals surface area (Å²) in [5, 5.41) is 4.04. The van der Waals surface area contributed by atoms with E-state index in [0.717, 1.165) is 17.0 Å². The number of halogens is 1. The predicted molar refractivity (Wildman–Crippen MR) is 99.7 cm³/mol. The Bertz CT molecular complexity index is 1010. The molecule has 5 nitrogen and oxygen atoms in total. The SMILES string of the molecule is CC(Nc1cncc(-c2cnc3ccc(Cl)cn23)n1)c1ccccc1. The molecule has 1 aromatic carbocycles. The first-order chi connectivity index (χ1) is 12.2. The van der Waals surface area contributed by atoms with Gasteiger partial charge < -0.3 is 5.32 Å². The smallest absolute Gasteiger partial charge is 0.145 e. The van der Waals surface area contributed by atoms with Gasteiger partial charge in [0.2, 0.25) is 0 Å². The van der Waals surface area contributed by atoms with E-state index in [1.165, 1.54) is 5.56 Å². The van der Waals surface area contributed by atoms with Crippen LogP contribution in [0.1, 0.15) is 18.5 Å². The molecule has 0 spiro atoms. The molecule has 1 N–H and O–H groups in total. The number of hydrogen-bond acceptors (Lipinski definition) is 4. The molecule has 25 heavy (non-hydrogen) atoms. The first-order valence-electron chi connectivity index (χ1n) is 7.97. The first kappa shape index (κ1) is 15.6. The molecule has 3 heterocycles. The van der Waals surface area contributed by atoms with Crippen LogP contribution in [0.15, 0.2) is 67.3 Å². The van der Waals surface area contributed by atoms with E-state index in [1.807, 2.05) is 40.9 Å². The molecule has 1 unspecified atom stereocenters. The highest BCUT2D eigenvalue weighted by Gasteiger charge is 2.11. The van der Waals surface area contributed by atoms with Crippen molar-refractivity contribution in [3.05, 3.63) is 77.8 Å². The fraction of sp³-hybridized carbons (Fsp3) is 0.105. The number of imidazole rings is 1. The number of fused-ring (bicyclic) bond motifs is 1. The van der Waals surface area contributed by atoms with Gasteiger partial charge in [0.25, 0.3) is 0 Å². The number of nitrogens with zero attached hydrogens (tertiary/aromatic N) is 4. The summed E-state index contributed by atoms with van der Waals surface area (Å²) in [6.07, 6.45) is 7.05. The largest absolute Gasteiger partial charge is 0.362 e. The molecule has 0 saturated heterocycles. The van der Waals surface area contributed by atoms with E-state index in [1.54, 1.807) is 18.6 Å². The number of nitrogens with one attached hydrogen (secondary N) is 1. The van der Waals surface area contributed by atoms with Crippen LogP contribution in [0.5, 0.6) is 0 Å². The second-order valence-corrected chi connectivity index (χ2v) is 6.22. The second-order valence-electron chi connectivity index (χ2n) is 5.79. The van der Waals surface area contributed by atoms with Crippen molar-refractivity contribution in [1.29, 1.82) is 0 Å². The standard InChI is InChI=1S/C19H16ClN5/c1-13(14-5-3-2-4-6-14)23-18-11-21-9-16(24-18)17-10-22-19-8-7-15(20)12-25(17)19/h2-13H,1H3,(H,23,24). The molecule has 124 valence electrons. The van der Waals surface area contributed by atoms with Gasteiger partial charge in [-0.2, -0.15) is 0 Å². The fourth-order valence-corrected chi connectivity index (χ4v) is 2.91. The van der Waals surface area contributed by atoms with Gasteiger partial charge in [-0.25, -0.2) is 9.97 Å². The monoisotopic (exact) mass is 349 g/mol. The molecule has 0 amide bonds. The topological polar surface area (TPSA) is 55.1 Å². The van der Waals surface area contributed by atoms with Gasteiger partial charge in [0.1, 0.15) is 17.2 Å². The summed E-state index contributed by atoms with van der Waals surface area (Å²) in [6.45, 7) is 2.09. The molecule has 0 radical (unpaired) electrons. The molecule has 3 aromatic heterocycles. The van der Waals surface area contributed by atoms with E-state index < -0.39 is 0 Å². The highest BCUT2D eigenvalue weighted by molar-refractivity contribution is 6.30. The normalized spacial score (nSPS) is 12.2. The van der Waals surface area contributed by atoms with Gasteiger partial charge in [0, 0.05) is 12.2 Å². The number of aromatic nitrogens is 4. The molecule has 0 bridgehead atoms. The van der Waals surface area contributed by atoms with E-state index >= 15 is 0 Å². The number of hydrogen-bond donors (Lipinski definition) is 1. The minimum absolute atomic E-state index is 0.127. The van der Waals surface area contributed by atoms with Crippen molar-refractivity contribution in [3.8, 4) is 11.4 Å². The molecule has 0 aliphatic carbocycles. The Kier molecular flexibility index (Phi) is 4.07. The van der Waals surface area contributed by atoms with Gasteiger partial charge in [-0.05, 0) is 24.6 Å². The highest BCUT2D eigenvalue weighted by atomic mass is 35.5. The molecule has 0 saturated carbocycles. The molecule has 1 atom stereocenters. The number of pyridine rings is 1. The van der Waals surface area contributed by atoms with E-state index in [4.69, 9.17) is 11.6 Å². The zero-order chi connectivity index (χ0) is 17.2. The maximum Gasteiger partial charge on any atom is 0.145 e. The van der Waals surface area contributed by atoms with Crippen LogP contribution in [0.3, 0.4) is 0 Å². The van der Waals surface area contributed by atoms with Crippen molar-refractivity contribution < 1.29 is 0 Å². The lowest BCUT2D eigenvalue weighted by atomic mass is 10.1. The van der Waals surface area contributed by atoms with E-state index in [-0.39, 0.29) is 6.04 Å². The van der Waals surface area contributed by atoms with Crippen molar-refractivity contribution in [1.82, 2.24) is 19.4 Å². The molecule has 0 fully saturated rings. The van der Waals surface area contributed by atoms with Crippen molar-refractivity contribution >= 4 is 23.1 Å². The molecular formula is C19H16ClN5. The number of benzene rings is 1. The Morgan fingerprint density at radius 2 is 1.88 bits per heavy atom. The molecule has 0 aliphatic heterocycles. The van der Waals surface area contributed by atoms with Crippen LogP contribution >= 0.6 is 11.6 Å². The minimum Gasteiger partial charge on any atom is -0.362 e. The average molecular weight is 350 g/mol. The summed E-state index contributed by atoms with van der Waals surface area (Å²) in [4.78, 5) is 13.4. The summed E-state index contributed by atoms with van der Waals surface area (Å²) in [5.41, 5.74) is 3.59. The Morgan fingerprint density at radius 1 is 1.04 bits per heavy atom. The fourth-order valence-electron chi connectivity index (χ4n) is 2.75. The van der Waals surface area contributed by atoms with Gasteiger partial charge in [-0.3, -0.25) is 9.38 Å². The molecule has 4 aromatic rings. The molecular weight excluding hydrogens is 334 g/mol. The average Bonchev–Trinajstić information content (AvgIpc) is 3.05. The molecule has 0 aliphatic rings. The van der Waals surface area contributed by atoms with Gasteiger partial charge in [0.15, 0.2) is 0 Å². The van der Waals surface area contributed by atoms with Crippen molar-refractivity contribution in [3.63, 3.8) is 0 Å². The van der Waals surface area contributed by atoms with Gasteiger partial charge in [-0.1, -0.05) is 41.9 Å². The van der Waals surface area contributed by atoms with Crippen LogP contribution < -0.4 is 5.32 Å². The minimum atomic E-state index is 0.127. The van der Waals surface area contributed by atoms with Gasteiger partial charge in [-0.15, -0.1) is 0 Å². The van der Waals surface area contributed by atoms with Crippen LogP contribution in [0, 0.1) is 0 Å². The summed E-state index contributed by atoms with van der Waals surface area (Å²) in [5.74, 6) is 0.714. The van der Waals surface area contributed by atoms with Crippen LogP contribution in [-0.4, -0.2) is 19.4 Å². The van der Waals surface area contributed by atoms with Crippen LogP contribution in [-0.2, 0) is 0 Å². The maximum absolute atomic E-state index is 6.11. The van der Waals surface area contributed by atoms with Crippen LogP contribution in [0.4, 0.5) is 5.82 Å².